The molecule has 0 amide bonds. The Hall–Kier alpha value is -1.75. The smallest absolute Gasteiger partial charge is 0.394 e. The minimum atomic E-state index is -2.88. The van der Waals surface area contributed by atoms with E-state index in [9.17, 15) is 9.67 Å². The predicted octanol–water partition coefficient (Wildman–Crippen LogP) is -0.192. The van der Waals surface area contributed by atoms with Crippen molar-refractivity contribution >= 4 is 25.2 Å². The molecule has 2 aromatic heterocycles. The van der Waals surface area contributed by atoms with Gasteiger partial charge in [0.2, 0.25) is 0 Å². The molecule has 12 heteroatoms. The molecule has 0 spiro atoms. The van der Waals surface area contributed by atoms with E-state index < -0.39 is 39.4 Å². The third-order valence-electron chi connectivity index (χ3n) is 3.82. The van der Waals surface area contributed by atoms with E-state index in [4.69, 9.17) is 18.9 Å². The van der Waals surface area contributed by atoms with E-state index in [1.54, 1.807) is 11.6 Å². The zero-order valence-corrected chi connectivity index (χ0v) is 13.8. The molecule has 130 valence electrons. The molecule has 3 rings (SSSR count). The molecule has 4 unspecified atom stereocenters. The SMILES string of the molecule is CNc1ncnc2c1ncn2[C@@H]1OC(CO)C(O[P+](=O)O)C1OC. The van der Waals surface area contributed by atoms with Gasteiger partial charge in [0.05, 0.1) is 12.9 Å². The van der Waals surface area contributed by atoms with Crippen LogP contribution in [0.1, 0.15) is 6.23 Å². The lowest BCUT2D eigenvalue weighted by Gasteiger charge is -2.19. The summed E-state index contributed by atoms with van der Waals surface area (Å²) in [5.74, 6) is 0.552. The Morgan fingerprint density at radius 3 is 2.83 bits per heavy atom. The maximum atomic E-state index is 11.1. The second-order valence-electron chi connectivity index (χ2n) is 5.05. The molecule has 5 atom stereocenters. The summed E-state index contributed by atoms with van der Waals surface area (Å²) in [6.45, 7) is -0.395. The molecule has 3 N–H and O–H groups in total. The zero-order valence-electron chi connectivity index (χ0n) is 12.9. The van der Waals surface area contributed by atoms with Crippen molar-refractivity contribution in [2.45, 2.75) is 24.5 Å². The van der Waals surface area contributed by atoms with Gasteiger partial charge in [0.15, 0.2) is 23.8 Å². The van der Waals surface area contributed by atoms with Crippen molar-refractivity contribution < 1.29 is 28.6 Å². The van der Waals surface area contributed by atoms with Crippen molar-refractivity contribution in [1.29, 1.82) is 0 Å². The highest BCUT2D eigenvalue weighted by Gasteiger charge is 2.51. The van der Waals surface area contributed by atoms with Crippen LogP contribution in [0.2, 0.25) is 0 Å². The summed E-state index contributed by atoms with van der Waals surface area (Å²) in [5, 5.41) is 12.4. The third-order valence-corrected chi connectivity index (χ3v) is 4.24. The van der Waals surface area contributed by atoms with Crippen molar-refractivity contribution in [3.63, 3.8) is 0 Å². The largest absolute Gasteiger partial charge is 0.695 e. The minimum absolute atomic E-state index is 0.395. The van der Waals surface area contributed by atoms with Gasteiger partial charge in [-0.25, -0.2) is 15.0 Å². The Balaban J connectivity index is 2.01. The molecule has 1 aliphatic heterocycles. The number of nitrogens with zero attached hydrogens (tertiary/aromatic N) is 4. The highest BCUT2D eigenvalue weighted by Crippen LogP contribution is 2.38. The van der Waals surface area contributed by atoms with Crippen LogP contribution in [-0.2, 0) is 18.6 Å². The van der Waals surface area contributed by atoms with Gasteiger partial charge in [0.25, 0.3) is 0 Å². The van der Waals surface area contributed by atoms with Crippen LogP contribution in [0, 0.1) is 0 Å². The Morgan fingerprint density at radius 1 is 1.42 bits per heavy atom. The number of anilines is 1. The second kappa shape index (κ2) is 7.01. The van der Waals surface area contributed by atoms with E-state index in [2.05, 4.69) is 20.3 Å². The summed E-state index contributed by atoms with van der Waals surface area (Å²) in [4.78, 5) is 21.6. The molecule has 3 heterocycles. The summed E-state index contributed by atoms with van der Waals surface area (Å²) in [7, 11) is 0.265. The lowest BCUT2D eigenvalue weighted by atomic mass is 10.1. The fourth-order valence-corrected chi connectivity index (χ4v) is 3.25. The topological polar surface area (TPSA) is 141 Å². The number of aromatic nitrogens is 4. The van der Waals surface area contributed by atoms with E-state index in [1.807, 2.05) is 0 Å². The standard InChI is InChI=1S/C12H16N5O6P/c1-13-10-7-11(15-4-14-10)17(5-16-7)12-9(21-2)8(23-24(19)20)6(3-18)22-12/h4-6,8-9,12,18H,3H2,1-2H3,(H-,13,14,15,19,20)/p+1/t6?,8?,9?,12-/m1/s1. The highest BCUT2D eigenvalue weighted by molar-refractivity contribution is 7.32. The molecule has 0 aliphatic carbocycles. The van der Waals surface area contributed by atoms with E-state index in [0.29, 0.717) is 17.0 Å². The Bertz CT molecular complexity index is 742. The molecule has 1 fully saturated rings. The van der Waals surface area contributed by atoms with E-state index in [0.717, 1.165) is 0 Å². The quantitative estimate of drug-likeness (QED) is 0.595. The maximum absolute atomic E-state index is 11.1. The molecule has 0 saturated carbocycles. The number of imidazole rings is 1. The van der Waals surface area contributed by atoms with E-state index in [1.165, 1.54) is 19.8 Å². The second-order valence-corrected chi connectivity index (χ2v) is 5.74. The zero-order chi connectivity index (χ0) is 17.3. The Morgan fingerprint density at radius 2 is 2.21 bits per heavy atom. The van der Waals surface area contributed by atoms with Gasteiger partial charge in [-0.1, -0.05) is 0 Å². The van der Waals surface area contributed by atoms with Crippen LogP contribution in [0.3, 0.4) is 0 Å². The molecule has 1 saturated heterocycles. The first kappa shape index (κ1) is 17.1. The minimum Gasteiger partial charge on any atom is -0.394 e. The first-order chi connectivity index (χ1) is 11.6. The van der Waals surface area contributed by atoms with Crippen molar-refractivity contribution in [2.24, 2.45) is 0 Å². The van der Waals surface area contributed by atoms with E-state index >= 15 is 0 Å². The normalized spacial score (nSPS) is 27.6. The first-order valence-electron chi connectivity index (χ1n) is 7.08. The molecule has 0 aromatic carbocycles. The lowest BCUT2D eigenvalue weighted by molar-refractivity contribution is -0.0583. The van der Waals surface area contributed by atoms with Gasteiger partial charge in [-0.3, -0.25) is 4.57 Å². The van der Waals surface area contributed by atoms with Gasteiger partial charge in [-0.15, -0.1) is 9.42 Å². The number of ether oxygens (including phenoxy) is 2. The number of hydrogen-bond acceptors (Lipinski definition) is 9. The number of fused-ring (bicyclic) bond motifs is 1. The fourth-order valence-electron chi connectivity index (χ4n) is 2.78. The van der Waals surface area contributed by atoms with Crippen LogP contribution in [0.15, 0.2) is 12.7 Å². The van der Waals surface area contributed by atoms with Gasteiger partial charge in [-0.05, 0) is 0 Å². The highest BCUT2D eigenvalue weighted by atomic mass is 31.1. The van der Waals surface area contributed by atoms with Crippen molar-refractivity contribution in [3.05, 3.63) is 12.7 Å². The average Bonchev–Trinajstić information content (AvgIpc) is 3.14. The molecule has 1 aliphatic rings. The van der Waals surface area contributed by atoms with Crippen LogP contribution in [0.4, 0.5) is 5.82 Å². The van der Waals surface area contributed by atoms with Crippen LogP contribution in [-0.4, -0.2) is 68.6 Å². The van der Waals surface area contributed by atoms with Crippen LogP contribution >= 0.6 is 8.25 Å². The summed E-state index contributed by atoms with van der Waals surface area (Å²) in [6, 6.07) is 0. The summed E-state index contributed by atoms with van der Waals surface area (Å²) < 4.78 is 28.8. The van der Waals surface area contributed by atoms with Crippen molar-refractivity contribution in [1.82, 2.24) is 19.5 Å². The molecule has 11 nitrogen and oxygen atoms in total. The average molecular weight is 358 g/mol. The molecular formula is C12H17N5O6P+. The number of nitrogens with one attached hydrogen (secondary N) is 1. The van der Waals surface area contributed by atoms with Crippen molar-refractivity contribution in [3.8, 4) is 0 Å². The van der Waals surface area contributed by atoms with Gasteiger partial charge < -0.3 is 19.9 Å². The van der Waals surface area contributed by atoms with Gasteiger partial charge >= 0.3 is 8.25 Å². The summed E-state index contributed by atoms with van der Waals surface area (Å²) in [6.07, 6.45) is -0.330. The number of aliphatic hydroxyl groups excluding tert-OH is 1. The fraction of sp³-hybridized carbons (Fsp3) is 0.583. The molecule has 0 bridgehead atoms. The maximum Gasteiger partial charge on any atom is 0.695 e. The van der Waals surface area contributed by atoms with E-state index in [-0.39, 0.29) is 0 Å². The third kappa shape index (κ3) is 2.86. The molecule has 0 radical (unpaired) electrons. The number of hydrogen-bond donors (Lipinski definition) is 3. The summed E-state index contributed by atoms with van der Waals surface area (Å²) in [5.41, 5.74) is 1.03. The predicted molar refractivity (Wildman–Crippen MR) is 81.4 cm³/mol. The van der Waals surface area contributed by atoms with Crippen LogP contribution in [0.25, 0.3) is 11.2 Å². The molecular weight excluding hydrogens is 341 g/mol. The lowest BCUT2D eigenvalue weighted by Crippen LogP contribution is -2.35. The summed E-state index contributed by atoms with van der Waals surface area (Å²) >= 11 is 0. The number of aliphatic hydroxyl groups is 1. The van der Waals surface area contributed by atoms with Crippen LogP contribution < -0.4 is 5.32 Å². The number of rotatable bonds is 6. The number of methoxy groups -OCH3 is 1. The Kier molecular flexibility index (Phi) is 4.99. The van der Waals surface area contributed by atoms with Gasteiger partial charge in [0.1, 0.15) is 24.1 Å². The van der Waals surface area contributed by atoms with Gasteiger partial charge in [-0.2, -0.15) is 0 Å². The first-order valence-corrected chi connectivity index (χ1v) is 8.21. The monoisotopic (exact) mass is 358 g/mol. The molecule has 24 heavy (non-hydrogen) atoms. The van der Waals surface area contributed by atoms with Crippen LogP contribution in [0.5, 0.6) is 0 Å². The Labute approximate surface area is 137 Å². The molecule has 2 aromatic rings. The van der Waals surface area contributed by atoms with Gasteiger partial charge in [0, 0.05) is 18.7 Å². The van der Waals surface area contributed by atoms with Crippen molar-refractivity contribution in [2.75, 3.05) is 26.1 Å².